The van der Waals surface area contributed by atoms with E-state index in [9.17, 15) is 0 Å². The summed E-state index contributed by atoms with van der Waals surface area (Å²) in [5.74, 6) is 0.736. The van der Waals surface area contributed by atoms with E-state index in [4.69, 9.17) is 10.5 Å². The van der Waals surface area contributed by atoms with Gasteiger partial charge in [0.2, 0.25) is 0 Å². The molecule has 87 valence electrons. The Balaban J connectivity index is 2.04. The highest BCUT2D eigenvalue weighted by Gasteiger charge is 2.01. The van der Waals surface area contributed by atoms with Gasteiger partial charge in [-0.25, -0.2) is 0 Å². The molecule has 0 aliphatic rings. The molecule has 0 aliphatic carbocycles. The van der Waals surface area contributed by atoms with Crippen LogP contribution >= 0.6 is 0 Å². The predicted octanol–water partition coefficient (Wildman–Crippen LogP) is 3.42. The van der Waals surface area contributed by atoms with Gasteiger partial charge in [-0.3, -0.25) is 0 Å². The number of hydrogen-bond acceptors (Lipinski definition) is 2. The minimum absolute atomic E-state index is 0.542. The van der Waals surface area contributed by atoms with Crippen LogP contribution < -0.4 is 10.5 Å². The van der Waals surface area contributed by atoms with Gasteiger partial charge in [-0.2, -0.15) is 0 Å². The van der Waals surface area contributed by atoms with E-state index >= 15 is 0 Å². The van der Waals surface area contributed by atoms with Crippen molar-refractivity contribution in [2.75, 3.05) is 5.73 Å². The minimum Gasteiger partial charge on any atom is -0.487 e. The molecule has 0 bridgehead atoms. The molecule has 0 aliphatic heterocycles. The molecule has 0 saturated carbocycles. The van der Waals surface area contributed by atoms with Gasteiger partial charge in [0.05, 0.1) is 5.69 Å². The van der Waals surface area contributed by atoms with Crippen molar-refractivity contribution in [2.24, 2.45) is 0 Å². The molecule has 2 aromatic carbocycles. The van der Waals surface area contributed by atoms with Crippen LogP contribution in [0.3, 0.4) is 0 Å². The van der Waals surface area contributed by atoms with E-state index in [1.165, 1.54) is 0 Å². The van der Waals surface area contributed by atoms with Crippen LogP contribution in [-0.2, 0) is 6.61 Å². The van der Waals surface area contributed by atoms with Crippen molar-refractivity contribution >= 4 is 5.69 Å². The summed E-state index contributed by atoms with van der Waals surface area (Å²) in [7, 11) is 0. The van der Waals surface area contributed by atoms with Crippen LogP contribution in [0, 0.1) is 6.42 Å². The molecule has 2 heteroatoms. The summed E-state index contributed by atoms with van der Waals surface area (Å²) in [5, 5.41) is 0. The molecule has 0 aromatic heterocycles. The van der Waals surface area contributed by atoms with Crippen LogP contribution in [-0.4, -0.2) is 0 Å². The SMILES string of the molecule is C[CH]c1ccc(OCc2ccccc2)c(N)c1. The number of anilines is 1. The second kappa shape index (κ2) is 5.39. The van der Waals surface area contributed by atoms with Crippen LogP contribution in [0.15, 0.2) is 48.5 Å². The molecular formula is C15H16NO. The van der Waals surface area contributed by atoms with Crippen molar-refractivity contribution in [3.05, 3.63) is 66.1 Å². The van der Waals surface area contributed by atoms with Crippen LogP contribution in [0.2, 0.25) is 0 Å². The Kier molecular flexibility index (Phi) is 3.66. The first-order valence-electron chi connectivity index (χ1n) is 5.65. The predicted molar refractivity (Wildman–Crippen MR) is 70.7 cm³/mol. The molecule has 0 spiro atoms. The van der Waals surface area contributed by atoms with Crippen LogP contribution in [0.25, 0.3) is 0 Å². The fraction of sp³-hybridized carbons (Fsp3) is 0.133. The molecule has 2 N–H and O–H groups in total. The van der Waals surface area contributed by atoms with Crippen molar-refractivity contribution in [3.8, 4) is 5.75 Å². The third kappa shape index (κ3) is 3.00. The summed E-state index contributed by atoms with van der Waals surface area (Å²) < 4.78 is 5.68. The Bertz CT molecular complexity index is 480. The number of ether oxygens (including phenoxy) is 1. The first kappa shape index (κ1) is 11.5. The number of benzene rings is 2. The standard InChI is InChI=1S/C15H16NO/c1-2-12-8-9-15(14(16)10-12)17-11-13-6-4-3-5-7-13/h2-10H,11,16H2,1H3. The number of nitrogen functional groups attached to an aromatic ring is 1. The topological polar surface area (TPSA) is 35.2 Å². The second-order valence-corrected chi connectivity index (χ2v) is 3.86. The van der Waals surface area contributed by atoms with Gasteiger partial charge in [-0.15, -0.1) is 0 Å². The van der Waals surface area contributed by atoms with Crippen molar-refractivity contribution in [2.45, 2.75) is 13.5 Å². The number of hydrogen-bond donors (Lipinski definition) is 1. The maximum atomic E-state index is 5.92. The highest BCUT2D eigenvalue weighted by Crippen LogP contribution is 2.24. The van der Waals surface area contributed by atoms with E-state index in [0.717, 1.165) is 16.9 Å². The van der Waals surface area contributed by atoms with Crippen LogP contribution in [0.4, 0.5) is 5.69 Å². The molecule has 1 radical (unpaired) electrons. The Morgan fingerprint density at radius 2 is 1.88 bits per heavy atom. The normalized spacial score (nSPS) is 10.2. The van der Waals surface area contributed by atoms with Gasteiger partial charge in [0.25, 0.3) is 0 Å². The zero-order valence-corrected chi connectivity index (χ0v) is 9.89. The Hall–Kier alpha value is -1.96. The summed E-state index contributed by atoms with van der Waals surface area (Å²) >= 11 is 0. The van der Waals surface area contributed by atoms with Crippen molar-refractivity contribution < 1.29 is 4.74 Å². The zero-order valence-electron chi connectivity index (χ0n) is 9.89. The Morgan fingerprint density at radius 3 is 2.53 bits per heavy atom. The van der Waals surface area contributed by atoms with E-state index < -0.39 is 0 Å². The van der Waals surface area contributed by atoms with Gasteiger partial charge in [-0.05, 0) is 29.7 Å². The van der Waals surface area contributed by atoms with E-state index in [-0.39, 0.29) is 0 Å². The summed E-state index contributed by atoms with van der Waals surface area (Å²) in [6.07, 6.45) is 2.01. The second-order valence-electron chi connectivity index (χ2n) is 3.86. The molecule has 0 heterocycles. The summed E-state index contributed by atoms with van der Waals surface area (Å²) in [6, 6.07) is 15.9. The van der Waals surface area contributed by atoms with Crippen LogP contribution in [0.1, 0.15) is 18.1 Å². The maximum Gasteiger partial charge on any atom is 0.142 e. The maximum absolute atomic E-state index is 5.92. The number of nitrogens with two attached hydrogens (primary N) is 1. The van der Waals surface area contributed by atoms with Gasteiger partial charge < -0.3 is 10.5 Å². The van der Waals surface area contributed by atoms with E-state index in [1.807, 2.05) is 61.9 Å². The lowest BCUT2D eigenvalue weighted by Crippen LogP contribution is -1.99. The lowest BCUT2D eigenvalue weighted by molar-refractivity contribution is 0.308. The summed E-state index contributed by atoms with van der Waals surface area (Å²) in [4.78, 5) is 0. The van der Waals surface area contributed by atoms with Gasteiger partial charge in [0.1, 0.15) is 12.4 Å². The zero-order chi connectivity index (χ0) is 12.1. The molecular weight excluding hydrogens is 210 g/mol. The van der Waals surface area contributed by atoms with E-state index in [2.05, 4.69) is 0 Å². The highest BCUT2D eigenvalue weighted by atomic mass is 16.5. The fourth-order valence-corrected chi connectivity index (χ4v) is 1.61. The molecule has 0 amide bonds. The molecule has 2 nitrogen and oxygen atoms in total. The lowest BCUT2D eigenvalue weighted by Gasteiger charge is -2.09. The molecule has 2 rings (SSSR count). The first-order valence-corrected chi connectivity index (χ1v) is 5.65. The lowest BCUT2D eigenvalue weighted by atomic mass is 10.1. The van der Waals surface area contributed by atoms with Crippen molar-refractivity contribution in [1.29, 1.82) is 0 Å². The molecule has 0 saturated heterocycles. The molecule has 0 atom stereocenters. The van der Waals surface area contributed by atoms with Gasteiger partial charge in [0, 0.05) is 0 Å². The summed E-state index contributed by atoms with van der Waals surface area (Å²) in [6.45, 7) is 2.53. The molecule has 0 unspecified atom stereocenters. The fourth-order valence-electron chi connectivity index (χ4n) is 1.61. The van der Waals surface area contributed by atoms with Gasteiger partial charge in [-0.1, -0.05) is 43.3 Å². The van der Waals surface area contributed by atoms with Crippen molar-refractivity contribution in [1.82, 2.24) is 0 Å². The average molecular weight is 226 g/mol. The molecule has 2 aromatic rings. The highest BCUT2D eigenvalue weighted by molar-refractivity contribution is 5.55. The average Bonchev–Trinajstić information content (AvgIpc) is 2.38. The third-order valence-corrected chi connectivity index (χ3v) is 2.60. The number of rotatable bonds is 4. The Morgan fingerprint density at radius 1 is 1.12 bits per heavy atom. The van der Waals surface area contributed by atoms with Crippen LogP contribution in [0.5, 0.6) is 5.75 Å². The minimum atomic E-state index is 0.542. The first-order chi connectivity index (χ1) is 8.29. The largest absolute Gasteiger partial charge is 0.487 e. The van der Waals surface area contributed by atoms with E-state index in [1.54, 1.807) is 0 Å². The van der Waals surface area contributed by atoms with Gasteiger partial charge >= 0.3 is 0 Å². The summed E-state index contributed by atoms with van der Waals surface area (Å²) in [5.41, 5.74) is 8.84. The Labute approximate surface area is 102 Å². The monoisotopic (exact) mass is 226 g/mol. The molecule has 0 fully saturated rings. The smallest absolute Gasteiger partial charge is 0.142 e. The van der Waals surface area contributed by atoms with E-state index in [0.29, 0.717) is 12.3 Å². The molecule has 17 heavy (non-hydrogen) atoms. The van der Waals surface area contributed by atoms with Gasteiger partial charge in [0.15, 0.2) is 0 Å². The third-order valence-electron chi connectivity index (χ3n) is 2.60. The quantitative estimate of drug-likeness (QED) is 0.811. The van der Waals surface area contributed by atoms with Crippen molar-refractivity contribution in [3.63, 3.8) is 0 Å².